The Morgan fingerprint density at radius 3 is 2.69 bits per heavy atom. The molecule has 3 heterocycles. The Morgan fingerprint density at radius 1 is 1.12 bits per heavy atom. The maximum Gasteiger partial charge on any atom is 0.235 e. The Bertz CT molecular complexity index is 1330. The predicted molar refractivity (Wildman–Crippen MR) is 127 cm³/mol. The van der Waals surface area contributed by atoms with E-state index in [2.05, 4.69) is 21.5 Å². The second-order valence-electron chi connectivity index (χ2n) is 7.06. The summed E-state index contributed by atoms with van der Waals surface area (Å²) in [5.74, 6) is 0.559. The quantitative estimate of drug-likeness (QED) is 0.408. The van der Waals surface area contributed by atoms with E-state index in [0.29, 0.717) is 12.3 Å². The van der Waals surface area contributed by atoms with Crippen molar-refractivity contribution in [1.29, 1.82) is 0 Å². The molecule has 0 unspecified atom stereocenters. The molecule has 0 aliphatic carbocycles. The minimum atomic E-state index is -3.50. The monoisotopic (exact) mass is 448 g/mol. The van der Waals surface area contributed by atoms with Crippen LogP contribution in [0.3, 0.4) is 0 Å². The number of benzene rings is 1. The number of aromatic nitrogens is 3. The smallest absolute Gasteiger partial charge is 0.235 e. The van der Waals surface area contributed by atoms with Crippen LogP contribution in [0, 0.1) is 0 Å². The fraction of sp³-hybridized carbons (Fsp3) is 0.167. The number of nitrogens with zero attached hydrogens (tertiary/aromatic N) is 3. The van der Waals surface area contributed by atoms with Gasteiger partial charge in [-0.25, -0.2) is 8.42 Å². The maximum absolute atomic E-state index is 12.1. The zero-order valence-corrected chi connectivity index (χ0v) is 18.5. The molecule has 0 radical (unpaired) electrons. The molecule has 0 aliphatic heterocycles. The molecule has 0 bridgehead atoms. The normalized spacial score (nSPS) is 11.7. The van der Waals surface area contributed by atoms with Crippen molar-refractivity contribution in [2.75, 3.05) is 19.7 Å². The molecule has 0 aliphatic rings. The lowest BCUT2D eigenvalue weighted by Crippen LogP contribution is -2.33. The lowest BCUT2D eigenvalue weighted by molar-refractivity contribution is 0.277. The summed E-state index contributed by atoms with van der Waals surface area (Å²) >= 11 is 0. The number of aromatic amines is 1. The van der Waals surface area contributed by atoms with Gasteiger partial charge in [0.2, 0.25) is 10.0 Å². The fourth-order valence-electron chi connectivity index (χ4n) is 3.64. The third kappa shape index (κ3) is 4.28. The van der Waals surface area contributed by atoms with Crippen LogP contribution in [0.2, 0.25) is 0 Å². The van der Waals surface area contributed by atoms with E-state index in [1.165, 1.54) is 4.31 Å². The van der Waals surface area contributed by atoms with Crippen molar-refractivity contribution in [3.05, 3.63) is 79.1 Å². The van der Waals surface area contributed by atoms with Crippen molar-refractivity contribution in [2.45, 2.75) is 6.92 Å². The molecule has 1 N–H and O–H groups in total. The summed E-state index contributed by atoms with van der Waals surface area (Å²) in [4.78, 5) is 12.3. The lowest BCUT2D eigenvalue weighted by atomic mass is 10.0. The van der Waals surface area contributed by atoms with Crippen molar-refractivity contribution < 1.29 is 13.2 Å². The summed E-state index contributed by atoms with van der Waals surface area (Å²) in [6.07, 6.45) is 5.12. The van der Waals surface area contributed by atoms with Gasteiger partial charge >= 0.3 is 0 Å². The number of H-pyrrole nitrogens is 1. The van der Waals surface area contributed by atoms with Gasteiger partial charge in [-0.15, -0.1) is 0 Å². The first-order chi connectivity index (χ1) is 15.5. The largest absolute Gasteiger partial charge is 0.490 e. The van der Waals surface area contributed by atoms with Gasteiger partial charge in [-0.3, -0.25) is 9.97 Å². The van der Waals surface area contributed by atoms with E-state index in [1.807, 2.05) is 48.5 Å². The predicted octanol–water partition coefficient (Wildman–Crippen LogP) is 4.47. The molecule has 0 fully saturated rings. The third-order valence-corrected chi connectivity index (χ3v) is 6.77. The summed E-state index contributed by atoms with van der Waals surface area (Å²) in [7, 11) is -3.50. The van der Waals surface area contributed by atoms with Crippen molar-refractivity contribution in [2.24, 2.45) is 0 Å². The van der Waals surface area contributed by atoms with Crippen LogP contribution in [0.5, 0.6) is 5.75 Å². The fourth-order valence-corrected chi connectivity index (χ4v) is 4.54. The summed E-state index contributed by atoms with van der Waals surface area (Å²) in [6, 6.07) is 15.8. The molecule has 4 aromatic rings. The molecule has 4 rings (SSSR count). The first-order valence-corrected chi connectivity index (χ1v) is 11.8. The van der Waals surface area contributed by atoms with E-state index in [4.69, 9.17) is 4.74 Å². The number of likely N-dealkylation sites (N-methyl/N-ethyl adjacent to an activating group) is 1. The minimum absolute atomic E-state index is 0.179. The van der Waals surface area contributed by atoms with E-state index in [0.717, 1.165) is 38.8 Å². The average Bonchev–Trinajstić information content (AvgIpc) is 3.22. The van der Waals surface area contributed by atoms with Gasteiger partial charge in [0.15, 0.2) is 0 Å². The van der Waals surface area contributed by atoms with Crippen LogP contribution in [0.25, 0.3) is 33.4 Å². The number of rotatable bonds is 9. The first kappa shape index (κ1) is 21.7. The van der Waals surface area contributed by atoms with Gasteiger partial charge in [-0.1, -0.05) is 43.8 Å². The summed E-state index contributed by atoms with van der Waals surface area (Å²) in [5.41, 5.74) is 5.48. The topological polar surface area (TPSA) is 88.2 Å². The molecule has 0 saturated heterocycles. The molecule has 0 spiro atoms. The van der Waals surface area contributed by atoms with Crippen molar-refractivity contribution in [3.63, 3.8) is 0 Å². The molecular weight excluding hydrogens is 424 g/mol. The summed E-state index contributed by atoms with van der Waals surface area (Å²) < 4.78 is 31.5. The zero-order chi connectivity index (χ0) is 22.6. The first-order valence-electron chi connectivity index (χ1n) is 10.3. The number of pyridine rings is 2. The molecular formula is C24H24N4O3S. The molecule has 7 nitrogen and oxygen atoms in total. The van der Waals surface area contributed by atoms with Crippen molar-refractivity contribution >= 4 is 21.1 Å². The Hall–Kier alpha value is -3.49. The highest BCUT2D eigenvalue weighted by molar-refractivity contribution is 7.92. The van der Waals surface area contributed by atoms with Crippen LogP contribution >= 0.6 is 0 Å². The van der Waals surface area contributed by atoms with E-state index in [9.17, 15) is 8.42 Å². The second-order valence-corrected chi connectivity index (χ2v) is 8.94. The van der Waals surface area contributed by atoms with E-state index in [1.54, 1.807) is 25.5 Å². The molecule has 3 aromatic heterocycles. The van der Waals surface area contributed by atoms with Crippen molar-refractivity contribution in [1.82, 2.24) is 19.3 Å². The van der Waals surface area contributed by atoms with E-state index >= 15 is 0 Å². The molecule has 0 saturated carbocycles. The van der Waals surface area contributed by atoms with Gasteiger partial charge in [-0.2, -0.15) is 4.31 Å². The summed E-state index contributed by atoms with van der Waals surface area (Å²) in [6.45, 7) is 5.89. The Kier molecular flexibility index (Phi) is 6.34. The number of nitrogens with one attached hydrogen (secondary N) is 1. The molecule has 164 valence electrons. The molecule has 1 aromatic carbocycles. The van der Waals surface area contributed by atoms with Gasteiger partial charge in [-0.05, 0) is 23.8 Å². The minimum Gasteiger partial charge on any atom is -0.490 e. The van der Waals surface area contributed by atoms with Crippen LogP contribution < -0.4 is 4.74 Å². The average molecular weight is 449 g/mol. The second kappa shape index (κ2) is 9.33. The van der Waals surface area contributed by atoms with Crippen LogP contribution in [0.1, 0.15) is 6.92 Å². The number of sulfonamides is 1. The Morgan fingerprint density at radius 2 is 1.94 bits per heavy atom. The molecule has 32 heavy (non-hydrogen) atoms. The molecule has 8 heteroatoms. The van der Waals surface area contributed by atoms with Crippen molar-refractivity contribution in [3.8, 4) is 28.1 Å². The highest BCUT2D eigenvalue weighted by atomic mass is 32.2. The lowest BCUT2D eigenvalue weighted by Gasteiger charge is -2.19. The Labute approximate surface area is 187 Å². The van der Waals surface area contributed by atoms with Crippen LogP contribution in [-0.2, 0) is 10.0 Å². The standard InChI is InChI=1S/C24H24N4O3S/c1-3-28(32(29,30)4-2)15-16-31-21-17-25-14-12-19(21)23-22(18-9-6-5-7-10-18)24-20(27-23)11-8-13-26-24/h4-14,17,27H,2-3,15-16H2,1H3. The van der Waals surface area contributed by atoms with Crippen LogP contribution in [-0.4, -0.2) is 47.4 Å². The number of hydrogen-bond acceptors (Lipinski definition) is 5. The van der Waals surface area contributed by atoms with Gasteiger partial charge < -0.3 is 9.72 Å². The van der Waals surface area contributed by atoms with E-state index < -0.39 is 10.0 Å². The Balaban J connectivity index is 1.71. The number of hydrogen-bond donors (Lipinski definition) is 1. The van der Waals surface area contributed by atoms with Gasteiger partial charge in [0.1, 0.15) is 12.4 Å². The highest BCUT2D eigenvalue weighted by Crippen LogP contribution is 2.40. The maximum atomic E-state index is 12.1. The highest BCUT2D eigenvalue weighted by Gasteiger charge is 2.20. The SMILES string of the molecule is C=CS(=O)(=O)N(CC)CCOc1cnccc1-c1[nH]c2cccnc2c1-c1ccccc1. The zero-order valence-electron chi connectivity index (χ0n) is 17.7. The number of ether oxygens (including phenoxy) is 1. The number of fused-ring (bicyclic) bond motifs is 1. The van der Waals surface area contributed by atoms with Crippen LogP contribution in [0.4, 0.5) is 0 Å². The summed E-state index contributed by atoms with van der Waals surface area (Å²) in [5, 5.41) is 0.954. The van der Waals surface area contributed by atoms with E-state index in [-0.39, 0.29) is 13.2 Å². The van der Waals surface area contributed by atoms with Gasteiger partial charge in [0.05, 0.1) is 22.9 Å². The van der Waals surface area contributed by atoms with Crippen LogP contribution in [0.15, 0.2) is 79.1 Å². The molecule has 0 amide bonds. The van der Waals surface area contributed by atoms with Gasteiger partial charge in [0.25, 0.3) is 0 Å². The molecule has 0 atom stereocenters. The van der Waals surface area contributed by atoms with Gasteiger partial charge in [0, 0.05) is 42.0 Å². The third-order valence-electron chi connectivity index (χ3n) is 5.19.